The molecule has 1 aliphatic rings. The minimum atomic E-state index is -1.19. The number of rotatable bonds is 9. The molecule has 10 nitrogen and oxygen atoms in total. The second-order valence-corrected chi connectivity index (χ2v) is 7.45. The number of fused-ring (bicyclic) bond motifs is 3. The first kappa shape index (κ1) is 22.1. The van der Waals surface area contributed by atoms with Crippen molar-refractivity contribution in [1.82, 2.24) is 10.6 Å². The van der Waals surface area contributed by atoms with Gasteiger partial charge in [-0.3, -0.25) is 4.79 Å². The van der Waals surface area contributed by atoms with Crippen LogP contribution in [-0.4, -0.2) is 42.2 Å². The number of aliphatic carboxylic acids is 1. The second kappa shape index (κ2) is 9.50. The van der Waals surface area contributed by atoms with E-state index >= 15 is 0 Å². The number of carboxylic acid groups (broad SMARTS) is 1. The predicted octanol–water partition coefficient (Wildman–Crippen LogP) is 0.987. The highest BCUT2D eigenvalue weighted by Gasteiger charge is 2.22. The molecule has 0 fully saturated rings. The zero-order valence-corrected chi connectivity index (χ0v) is 17.2. The second-order valence-electron chi connectivity index (χ2n) is 7.45. The molecule has 31 heavy (non-hydrogen) atoms. The molecule has 10 heteroatoms. The number of carbonyl (C=O) groups is 3. The van der Waals surface area contributed by atoms with Gasteiger partial charge in [0.15, 0.2) is 6.61 Å². The van der Waals surface area contributed by atoms with Crippen LogP contribution in [0.4, 0.5) is 4.79 Å². The van der Waals surface area contributed by atoms with Gasteiger partial charge in [0.05, 0.1) is 0 Å². The molecule has 166 valence electrons. The minimum Gasteiger partial charge on any atom is -0.483 e. The van der Waals surface area contributed by atoms with Gasteiger partial charge in [0.2, 0.25) is 0 Å². The van der Waals surface area contributed by atoms with Crippen molar-refractivity contribution in [1.29, 1.82) is 0 Å². The lowest BCUT2D eigenvalue weighted by Gasteiger charge is -2.16. The number of benzene rings is 1. The van der Waals surface area contributed by atoms with E-state index in [2.05, 4.69) is 10.6 Å². The quantitative estimate of drug-likeness (QED) is 0.340. The molecule has 0 saturated carbocycles. The lowest BCUT2D eigenvalue weighted by molar-refractivity contribution is -0.142. The summed E-state index contributed by atoms with van der Waals surface area (Å²) in [6, 6.07) is 1.71. The molecule has 2 aromatic rings. The number of carbonyl (C=O) groups excluding carboxylic acids is 2. The van der Waals surface area contributed by atoms with E-state index in [4.69, 9.17) is 14.9 Å². The topological polar surface area (TPSA) is 161 Å². The Kier molecular flexibility index (Phi) is 6.78. The van der Waals surface area contributed by atoms with Crippen LogP contribution in [0.3, 0.4) is 0 Å². The maximum absolute atomic E-state index is 12.2. The zero-order valence-electron chi connectivity index (χ0n) is 17.2. The van der Waals surface area contributed by atoms with Crippen LogP contribution < -0.4 is 26.7 Å². The van der Waals surface area contributed by atoms with Crippen LogP contribution in [0.5, 0.6) is 5.75 Å². The van der Waals surface area contributed by atoms with E-state index in [9.17, 15) is 24.3 Å². The fourth-order valence-corrected chi connectivity index (χ4v) is 3.77. The summed E-state index contributed by atoms with van der Waals surface area (Å²) in [5.74, 6) is -1.42. The number of hydrogen-bond donors (Lipinski definition) is 4. The van der Waals surface area contributed by atoms with Crippen LogP contribution in [-0.2, 0) is 22.4 Å². The number of amides is 3. The fraction of sp³-hybridized carbons (Fsp3) is 0.429. The zero-order chi connectivity index (χ0) is 22.5. The Morgan fingerprint density at radius 2 is 2.00 bits per heavy atom. The Hall–Kier alpha value is -3.56. The molecule has 5 N–H and O–H groups in total. The third-order valence-corrected chi connectivity index (χ3v) is 5.30. The molecule has 0 saturated heterocycles. The van der Waals surface area contributed by atoms with Crippen LogP contribution >= 0.6 is 0 Å². The van der Waals surface area contributed by atoms with Crippen molar-refractivity contribution in [3.8, 4) is 5.75 Å². The Morgan fingerprint density at radius 1 is 1.26 bits per heavy atom. The normalized spacial score (nSPS) is 13.5. The smallest absolute Gasteiger partial charge is 0.339 e. The molecule has 1 unspecified atom stereocenters. The fourth-order valence-electron chi connectivity index (χ4n) is 3.77. The molecule has 1 heterocycles. The number of ether oxygens (including phenoxy) is 1. The van der Waals surface area contributed by atoms with Gasteiger partial charge >= 0.3 is 17.6 Å². The summed E-state index contributed by atoms with van der Waals surface area (Å²) in [4.78, 5) is 46.4. The number of nitrogens with one attached hydrogen (secondary N) is 2. The third-order valence-electron chi connectivity index (χ3n) is 5.30. The molecular formula is C21H25N3O7. The molecule has 0 bridgehead atoms. The largest absolute Gasteiger partial charge is 0.483 e. The summed E-state index contributed by atoms with van der Waals surface area (Å²) in [5, 5.41) is 14.9. The first-order valence-electron chi connectivity index (χ1n) is 10.0. The lowest BCUT2D eigenvalue weighted by Crippen LogP contribution is -2.43. The Labute approximate surface area is 177 Å². The SMILES string of the molecule is Cc1c(OCC(=O)NC(CCCNC(N)=O)C(=O)O)ccc2c3c(c(=O)oc12)CCC3. The van der Waals surface area contributed by atoms with Gasteiger partial charge in [-0.05, 0) is 56.7 Å². The van der Waals surface area contributed by atoms with E-state index in [1.165, 1.54) is 0 Å². The van der Waals surface area contributed by atoms with Crippen molar-refractivity contribution in [2.24, 2.45) is 5.73 Å². The number of nitrogens with two attached hydrogens (primary N) is 1. The summed E-state index contributed by atoms with van der Waals surface area (Å²) < 4.78 is 11.1. The maximum Gasteiger partial charge on any atom is 0.339 e. The number of primary amides is 1. The van der Waals surface area contributed by atoms with Crippen LogP contribution in [0.1, 0.15) is 36.0 Å². The van der Waals surface area contributed by atoms with Crippen molar-refractivity contribution in [3.63, 3.8) is 0 Å². The molecule has 1 aliphatic carbocycles. The van der Waals surface area contributed by atoms with Gasteiger partial charge in [-0.15, -0.1) is 0 Å². The van der Waals surface area contributed by atoms with Crippen molar-refractivity contribution in [2.75, 3.05) is 13.2 Å². The number of carboxylic acids is 1. The van der Waals surface area contributed by atoms with Gasteiger partial charge in [-0.1, -0.05) is 0 Å². The summed E-state index contributed by atoms with van der Waals surface area (Å²) in [7, 11) is 0. The van der Waals surface area contributed by atoms with Gasteiger partial charge in [0, 0.05) is 23.1 Å². The first-order valence-corrected chi connectivity index (χ1v) is 10.0. The van der Waals surface area contributed by atoms with E-state index < -0.39 is 30.6 Å². The highest BCUT2D eigenvalue weighted by molar-refractivity contribution is 5.87. The number of urea groups is 1. The molecule has 0 radical (unpaired) electrons. The van der Waals surface area contributed by atoms with Crippen LogP contribution in [0, 0.1) is 6.92 Å². The molecule has 0 spiro atoms. The number of hydrogen-bond acceptors (Lipinski definition) is 6. The summed E-state index contributed by atoms with van der Waals surface area (Å²) in [5.41, 5.74) is 7.39. The highest BCUT2D eigenvalue weighted by atomic mass is 16.5. The van der Waals surface area contributed by atoms with Gasteiger partial charge < -0.3 is 30.6 Å². The van der Waals surface area contributed by atoms with Gasteiger partial charge in [-0.2, -0.15) is 0 Å². The molecule has 3 rings (SSSR count). The standard InChI is InChI=1S/C21H25N3O7/c1-11-16(8-7-13-12-4-2-5-14(12)20(28)31-18(11)13)30-10-17(25)24-15(19(26)27)6-3-9-23-21(22)29/h7-8,15H,2-6,9-10H2,1H3,(H,24,25)(H,26,27)(H3,22,23,29). The minimum absolute atomic E-state index is 0.118. The van der Waals surface area contributed by atoms with E-state index in [0.717, 1.165) is 29.4 Å². The van der Waals surface area contributed by atoms with E-state index in [1.807, 2.05) is 6.07 Å². The van der Waals surface area contributed by atoms with Gasteiger partial charge in [-0.25, -0.2) is 14.4 Å². The van der Waals surface area contributed by atoms with Crippen LogP contribution in [0.25, 0.3) is 11.0 Å². The van der Waals surface area contributed by atoms with Crippen LogP contribution in [0.15, 0.2) is 21.3 Å². The van der Waals surface area contributed by atoms with Gasteiger partial charge in [0.1, 0.15) is 17.4 Å². The maximum atomic E-state index is 12.2. The predicted molar refractivity (Wildman–Crippen MR) is 111 cm³/mol. The van der Waals surface area contributed by atoms with E-state index in [1.54, 1.807) is 13.0 Å². The van der Waals surface area contributed by atoms with E-state index in [-0.39, 0.29) is 18.6 Å². The summed E-state index contributed by atoms with van der Waals surface area (Å²) >= 11 is 0. The molecule has 1 aromatic heterocycles. The Morgan fingerprint density at radius 3 is 2.71 bits per heavy atom. The molecule has 3 amide bonds. The third kappa shape index (κ3) is 5.14. The average molecular weight is 431 g/mol. The number of aryl methyl sites for hydroxylation is 2. The molecular weight excluding hydrogens is 406 g/mol. The molecule has 0 aliphatic heterocycles. The van der Waals surface area contributed by atoms with Crippen molar-refractivity contribution >= 4 is 28.9 Å². The first-order chi connectivity index (χ1) is 14.8. The summed E-state index contributed by atoms with van der Waals surface area (Å²) in [6.07, 6.45) is 2.90. The van der Waals surface area contributed by atoms with Crippen LogP contribution in [0.2, 0.25) is 0 Å². The van der Waals surface area contributed by atoms with Gasteiger partial charge in [0.25, 0.3) is 5.91 Å². The molecule has 1 atom stereocenters. The van der Waals surface area contributed by atoms with Crippen molar-refractivity contribution in [3.05, 3.63) is 39.2 Å². The highest BCUT2D eigenvalue weighted by Crippen LogP contribution is 2.32. The Balaban J connectivity index is 1.63. The lowest BCUT2D eigenvalue weighted by atomic mass is 10.0. The average Bonchev–Trinajstić information content (AvgIpc) is 3.21. The molecule has 1 aromatic carbocycles. The Bertz CT molecular complexity index is 1080. The summed E-state index contributed by atoms with van der Waals surface area (Å²) in [6.45, 7) is 1.55. The van der Waals surface area contributed by atoms with E-state index in [0.29, 0.717) is 29.7 Å². The van der Waals surface area contributed by atoms with Crippen molar-refractivity contribution in [2.45, 2.75) is 45.1 Å². The van der Waals surface area contributed by atoms with Crippen molar-refractivity contribution < 1.29 is 28.6 Å². The monoisotopic (exact) mass is 431 g/mol.